The number of nitrogens with zero attached hydrogens (tertiary/aromatic N) is 1. The van der Waals surface area contributed by atoms with Crippen molar-refractivity contribution in [3.05, 3.63) is 27.5 Å². The molecule has 0 aromatic carbocycles. The van der Waals surface area contributed by atoms with Crippen LogP contribution in [-0.2, 0) is 4.74 Å². The number of halogens is 2. The molecular weight excluding hydrogens is 274 g/mol. The smallest absolute Gasteiger partial charge is 0.265 e. The maximum absolute atomic E-state index is 12.2. The van der Waals surface area contributed by atoms with Crippen molar-refractivity contribution in [3.63, 3.8) is 0 Å². The topological polar surface area (TPSA) is 65.9 Å². The summed E-state index contributed by atoms with van der Waals surface area (Å²) in [6.07, 6.45) is 1.09. The van der Waals surface area contributed by atoms with Crippen molar-refractivity contribution in [1.29, 1.82) is 5.26 Å². The van der Waals surface area contributed by atoms with E-state index in [1.807, 2.05) is 0 Å². The van der Waals surface area contributed by atoms with Crippen molar-refractivity contribution in [3.8, 4) is 6.07 Å². The van der Waals surface area contributed by atoms with Crippen LogP contribution in [0.2, 0.25) is 0 Å². The number of nitriles is 1. The van der Waals surface area contributed by atoms with Gasteiger partial charge in [-0.1, -0.05) is 0 Å². The first-order valence-electron chi connectivity index (χ1n) is 5.78. The van der Waals surface area contributed by atoms with Gasteiger partial charge in [0.25, 0.3) is 6.43 Å². The molecule has 1 aliphatic heterocycles. The third-order valence-corrected chi connectivity index (χ3v) is 2.81. The van der Waals surface area contributed by atoms with E-state index in [4.69, 9.17) is 10.00 Å². The van der Waals surface area contributed by atoms with Crippen LogP contribution in [0.4, 0.5) is 8.78 Å². The molecule has 0 spiro atoms. The van der Waals surface area contributed by atoms with Crippen molar-refractivity contribution < 1.29 is 13.5 Å². The number of nitrogens with one attached hydrogen (secondary N) is 1. The van der Waals surface area contributed by atoms with E-state index in [1.54, 1.807) is 6.07 Å². The van der Waals surface area contributed by atoms with Crippen molar-refractivity contribution in [2.45, 2.75) is 30.7 Å². The Kier molecular flexibility index (Phi) is 6.53. The minimum Gasteiger partial charge on any atom is -0.381 e. The van der Waals surface area contributed by atoms with Gasteiger partial charge in [0.05, 0.1) is 10.6 Å². The van der Waals surface area contributed by atoms with Crippen LogP contribution in [0.1, 0.15) is 36.8 Å². The first-order valence-corrected chi connectivity index (χ1v) is 6.23. The molecule has 0 saturated carbocycles. The van der Waals surface area contributed by atoms with Gasteiger partial charge in [0, 0.05) is 24.8 Å². The quantitative estimate of drug-likeness (QED) is 0.781. The average Bonchev–Trinajstić information content (AvgIpc) is 2.40. The second kappa shape index (κ2) is 7.92. The molecule has 0 aliphatic carbocycles. The number of aromatic nitrogens is 1. The van der Waals surface area contributed by atoms with Crippen LogP contribution < -0.4 is 5.56 Å². The standard InChI is InChI=1S/C7H4F2N2OS.C5H10O/c8-6(9)3-1-5(12)11-7(13)4(3)2-10;1-2-4-6-5-3-1/h1,6H,(H2,11,12,13);1-5H2. The van der Waals surface area contributed by atoms with Crippen molar-refractivity contribution >= 4 is 12.6 Å². The zero-order valence-electron chi connectivity index (χ0n) is 10.2. The van der Waals surface area contributed by atoms with Crippen LogP contribution in [0.25, 0.3) is 0 Å². The Balaban J connectivity index is 0.000000250. The highest BCUT2D eigenvalue weighted by Crippen LogP contribution is 2.23. The summed E-state index contributed by atoms with van der Waals surface area (Å²) in [6, 6.07) is 2.24. The monoisotopic (exact) mass is 288 g/mol. The predicted molar refractivity (Wildman–Crippen MR) is 68.7 cm³/mol. The number of H-pyrrole nitrogens is 1. The molecular formula is C12H14F2N2O2S. The Morgan fingerprint density at radius 2 is 2.00 bits per heavy atom. The van der Waals surface area contributed by atoms with Gasteiger partial charge in [0.15, 0.2) is 0 Å². The molecule has 104 valence electrons. The zero-order valence-corrected chi connectivity index (χ0v) is 11.1. The molecule has 2 rings (SSSR count). The lowest BCUT2D eigenvalue weighted by Crippen LogP contribution is -2.09. The normalized spacial score (nSPS) is 14.5. The summed E-state index contributed by atoms with van der Waals surface area (Å²) in [6.45, 7) is 2.00. The molecule has 1 saturated heterocycles. The van der Waals surface area contributed by atoms with Crippen molar-refractivity contribution in [1.82, 2.24) is 4.98 Å². The number of thiol groups is 1. The number of ether oxygens (including phenoxy) is 1. The molecule has 0 atom stereocenters. The zero-order chi connectivity index (χ0) is 14.3. The lowest BCUT2D eigenvalue weighted by atomic mass is 10.1. The summed E-state index contributed by atoms with van der Waals surface area (Å²) in [5.41, 5.74) is -1.58. The number of pyridine rings is 1. The molecule has 0 amide bonds. The minimum atomic E-state index is -2.84. The number of hydrogen-bond acceptors (Lipinski definition) is 4. The van der Waals surface area contributed by atoms with E-state index in [0.29, 0.717) is 6.07 Å². The van der Waals surface area contributed by atoms with Crippen LogP contribution >= 0.6 is 12.6 Å². The van der Waals surface area contributed by atoms with Gasteiger partial charge in [0.1, 0.15) is 6.07 Å². The van der Waals surface area contributed by atoms with E-state index in [2.05, 4.69) is 17.6 Å². The van der Waals surface area contributed by atoms with Crippen LogP contribution in [0.15, 0.2) is 15.9 Å². The molecule has 0 unspecified atom stereocenters. The molecule has 0 radical (unpaired) electrons. The van der Waals surface area contributed by atoms with Crippen LogP contribution in [0.5, 0.6) is 0 Å². The fourth-order valence-electron chi connectivity index (χ4n) is 1.54. The Morgan fingerprint density at radius 1 is 1.37 bits per heavy atom. The summed E-state index contributed by atoms with van der Waals surface area (Å²) in [5, 5.41) is 8.35. The van der Waals surface area contributed by atoms with Gasteiger partial charge < -0.3 is 9.72 Å². The summed E-state index contributed by atoms with van der Waals surface area (Å²) in [7, 11) is 0. The average molecular weight is 288 g/mol. The highest BCUT2D eigenvalue weighted by Gasteiger charge is 2.16. The van der Waals surface area contributed by atoms with Crippen molar-refractivity contribution in [2.75, 3.05) is 13.2 Å². The van der Waals surface area contributed by atoms with Gasteiger partial charge in [-0.15, -0.1) is 12.6 Å². The molecule has 1 aliphatic rings. The van der Waals surface area contributed by atoms with E-state index < -0.39 is 17.5 Å². The molecule has 7 heteroatoms. The molecule has 1 aromatic rings. The highest BCUT2D eigenvalue weighted by molar-refractivity contribution is 7.80. The molecule has 19 heavy (non-hydrogen) atoms. The maximum atomic E-state index is 12.2. The minimum absolute atomic E-state index is 0.134. The first-order chi connectivity index (χ1) is 9.06. The fourth-order valence-corrected chi connectivity index (χ4v) is 1.83. The SMILES string of the molecule is C1CCOCC1.N#Cc1c(C(F)F)cc(=O)[nH]c1S. The van der Waals surface area contributed by atoms with Gasteiger partial charge in [0.2, 0.25) is 5.56 Å². The second-order valence-electron chi connectivity index (χ2n) is 3.90. The van der Waals surface area contributed by atoms with Gasteiger partial charge >= 0.3 is 0 Å². The van der Waals surface area contributed by atoms with E-state index in [9.17, 15) is 13.6 Å². The van der Waals surface area contributed by atoms with Crippen molar-refractivity contribution in [2.24, 2.45) is 0 Å². The van der Waals surface area contributed by atoms with E-state index in [1.165, 1.54) is 19.3 Å². The molecule has 1 N–H and O–H groups in total. The molecule has 1 fully saturated rings. The Hall–Kier alpha value is -1.39. The maximum Gasteiger partial charge on any atom is 0.265 e. The number of hydrogen-bond donors (Lipinski definition) is 2. The van der Waals surface area contributed by atoms with Gasteiger partial charge in [-0.2, -0.15) is 5.26 Å². The van der Waals surface area contributed by atoms with Gasteiger partial charge in [-0.05, 0) is 19.3 Å². The largest absolute Gasteiger partial charge is 0.381 e. The lowest BCUT2D eigenvalue weighted by Gasteiger charge is -2.08. The van der Waals surface area contributed by atoms with Crippen LogP contribution in [0.3, 0.4) is 0 Å². The predicted octanol–water partition coefficient (Wildman–Crippen LogP) is 2.66. The third kappa shape index (κ3) is 5.01. The first kappa shape index (κ1) is 15.7. The summed E-state index contributed by atoms with van der Waals surface area (Å²) in [4.78, 5) is 12.9. The Bertz CT molecular complexity index is 496. The second-order valence-corrected chi connectivity index (χ2v) is 4.35. The third-order valence-electron chi connectivity index (χ3n) is 2.48. The molecule has 4 nitrogen and oxygen atoms in total. The Labute approximate surface area is 114 Å². The van der Waals surface area contributed by atoms with Crippen LogP contribution in [-0.4, -0.2) is 18.2 Å². The van der Waals surface area contributed by atoms with Crippen LogP contribution in [0, 0.1) is 11.3 Å². The van der Waals surface area contributed by atoms with E-state index in [0.717, 1.165) is 13.2 Å². The number of rotatable bonds is 1. The van der Waals surface area contributed by atoms with E-state index >= 15 is 0 Å². The number of aromatic amines is 1. The Morgan fingerprint density at radius 3 is 2.37 bits per heavy atom. The lowest BCUT2D eigenvalue weighted by molar-refractivity contribution is 0.0968. The molecule has 0 bridgehead atoms. The summed E-state index contributed by atoms with van der Waals surface area (Å²) >= 11 is 3.70. The van der Waals surface area contributed by atoms with Gasteiger partial charge in [-0.3, -0.25) is 4.79 Å². The number of alkyl halides is 2. The van der Waals surface area contributed by atoms with E-state index in [-0.39, 0.29) is 10.6 Å². The fraction of sp³-hybridized carbons (Fsp3) is 0.500. The molecule has 2 heterocycles. The summed E-state index contributed by atoms with van der Waals surface area (Å²) in [5.74, 6) is 0. The molecule has 1 aromatic heterocycles. The highest BCUT2D eigenvalue weighted by atomic mass is 32.1. The summed E-state index contributed by atoms with van der Waals surface area (Å²) < 4.78 is 29.5. The van der Waals surface area contributed by atoms with Gasteiger partial charge in [-0.25, -0.2) is 8.78 Å².